The molecule has 0 unspecified atom stereocenters. The summed E-state index contributed by atoms with van der Waals surface area (Å²) in [6.07, 6.45) is 1.99. The van der Waals surface area contributed by atoms with Gasteiger partial charge in [0.25, 0.3) is 0 Å². The number of amides is 1. The monoisotopic (exact) mass is 379 g/mol. The smallest absolute Gasteiger partial charge is 0.407 e. The normalized spacial score (nSPS) is 15.5. The van der Waals surface area contributed by atoms with Crippen LogP contribution >= 0.6 is 11.8 Å². The van der Waals surface area contributed by atoms with Crippen LogP contribution in [0.3, 0.4) is 0 Å². The predicted octanol–water partition coefficient (Wildman–Crippen LogP) is 4.30. The average Bonchev–Trinajstić information content (AvgIpc) is 2.59. The molecule has 1 aromatic rings. The molecule has 0 bridgehead atoms. The number of alkyl carbamates (subject to hydrolysis) is 1. The molecule has 144 valence electrons. The van der Waals surface area contributed by atoms with Gasteiger partial charge in [-0.1, -0.05) is 12.1 Å². The van der Waals surface area contributed by atoms with Gasteiger partial charge in [0, 0.05) is 42.4 Å². The highest BCUT2D eigenvalue weighted by Crippen LogP contribution is 2.26. The number of carbonyl (C=O) groups is 2. The third kappa shape index (κ3) is 7.79. The van der Waals surface area contributed by atoms with E-state index in [4.69, 9.17) is 9.47 Å². The molecule has 0 spiro atoms. The lowest BCUT2D eigenvalue weighted by atomic mass is 10.0. The molecular weight excluding hydrogens is 350 g/mol. The fraction of sp³-hybridized carbons (Fsp3) is 0.600. The van der Waals surface area contributed by atoms with Crippen LogP contribution in [0.25, 0.3) is 0 Å². The Morgan fingerprint density at radius 1 is 1.27 bits per heavy atom. The van der Waals surface area contributed by atoms with Crippen LogP contribution in [0, 0.1) is 5.92 Å². The minimum Gasteiger partial charge on any atom is -0.444 e. The standard InChI is InChI=1S/C20H29NO4S/c1-20(2,3)25-19(23)21-10-7-18(22)16-5-4-6-17(13-16)26-14-15-8-11-24-12-9-15/h4-6,13,15H,7-12,14H2,1-3H3,(H,21,23). The summed E-state index contributed by atoms with van der Waals surface area (Å²) in [6, 6.07) is 7.73. The number of thioether (sulfide) groups is 1. The highest BCUT2D eigenvalue weighted by Gasteiger charge is 2.17. The summed E-state index contributed by atoms with van der Waals surface area (Å²) in [7, 11) is 0. The van der Waals surface area contributed by atoms with Gasteiger partial charge in [-0.25, -0.2) is 4.79 Å². The Morgan fingerprint density at radius 2 is 2.00 bits per heavy atom. The van der Waals surface area contributed by atoms with Crippen LogP contribution in [-0.4, -0.2) is 43.0 Å². The topological polar surface area (TPSA) is 64.6 Å². The van der Waals surface area contributed by atoms with Gasteiger partial charge in [0.05, 0.1) is 0 Å². The number of benzene rings is 1. The number of Topliss-reactive ketones (excluding diaryl/α,β-unsaturated/α-hetero) is 1. The lowest BCUT2D eigenvalue weighted by molar-refractivity contribution is 0.0527. The first-order valence-corrected chi connectivity index (χ1v) is 10.1. The largest absolute Gasteiger partial charge is 0.444 e. The third-order valence-corrected chi connectivity index (χ3v) is 5.23. The van der Waals surface area contributed by atoms with Crippen LogP contribution in [0.5, 0.6) is 0 Å². The van der Waals surface area contributed by atoms with E-state index in [0.717, 1.165) is 36.7 Å². The summed E-state index contributed by atoms with van der Waals surface area (Å²) in [6.45, 7) is 7.40. The number of carbonyl (C=O) groups excluding carboxylic acids is 2. The number of ether oxygens (including phenoxy) is 2. The lowest BCUT2D eigenvalue weighted by Crippen LogP contribution is -2.33. The Labute approximate surface area is 160 Å². The first-order valence-electron chi connectivity index (χ1n) is 9.14. The molecule has 0 radical (unpaired) electrons. The van der Waals surface area contributed by atoms with E-state index in [-0.39, 0.29) is 18.7 Å². The molecule has 0 aliphatic carbocycles. The summed E-state index contributed by atoms with van der Waals surface area (Å²) in [5, 5.41) is 2.62. The molecule has 0 saturated carbocycles. The second-order valence-electron chi connectivity index (χ2n) is 7.50. The van der Waals surface area contributed by atoms with Crippen molar-refractivity contribution in [2.24, 2.45) is 5.92 Å². The molecule has 1 aromatic carbocycles. The van der Waals surface area contributed by atoms with Gasteiger partial charge in [0.2, 0.25) is 0 Å². The highest BCUT2D eigenvalue weighted by molar-refractivity contribution is 7.99. The minimum atomic E-state index is -0.538. The quantitative estimate of drug-likeness (QED) is 0.565. The van der Waals surface area contributed by atoms with Gasteiger partial charge in [-0.05, 0) is 51.7 Å². The molecule has 1 heterocycles. The molecule has 2 rings (SSSR count). The predicted molar refractivity (Wildman–Crippen MR) is 104 cm³/mol. The fourth-order valence-electron chi connectivity index (χ4n) is 2.62. The van der Waals surface area contributed by atoms with Crippen molar-refractivity contribution in [3.63, 3.8) is 0 Å². The van der Waals surface area contributed by atoms with Gasteiger partial charge in [-0.3, -0.25) is 4.79 Å². The van der Waals surface area contributed by atoms with Crippen LogP contribution in [0.4, 0.5) is 4.79 Å². The summed E-state index contributed by atoms with van der Waals surface area (Å²) in [4.78, 5) is 25.1. The molecule has 5 nitrogen and oxygen atoms in total. The van der Waals surface area contributed by atoms with Crippen molar-refractivity contribution in [2.45, 2.75) is 50.5 Å². The molecule has 0 atom stereocenters. The molecule has 1 aliphatic heterocycles. The van der Waals surface area contributed by atoms with E-state index in [1.54, 1.807) is 32.5 Å². The van der Waals surface area contributed by atoms with Crippen molar-refractivity contribution in [1.29, 1.82) is 0 Å². The zero-order valence-electron chi connectivity index (χ0n) is 15.9. The van der Waals surface area contributed by atoms with Gasteiger partial charge in [-0.2, -0.15) is 0 Å². The molecule has 0 aromatic heterocycles. The van der Waals surface area contributed by atoms with Gasteiger partial charge in [0.1, 0.15) is 5.60 Å². The van der Waals surface area contributed by atoms with Crippen LogP contribution < -0.4 is 5.32 Å². The highest BCUT2D eigenvalue weighted by atomic mass is 32.2. The van der Waals surface area contributed by atoms with E-state index in [1.165, 1.54) is 0 Å². The number of nitrogens with one attached hydrogen (secondary N) is 1. The van der Waals surface area contributed by atoms with Crippen LogP contribution in [0.1, 0.15) is 50.4 Å². The number of ketones is 1. The maximum Gasteiger partial charge on any atom is 0.407 e. The summed E-state index contributed by atoms with van der Waals surface area (Å²) >= 11 is 1.80. The third-order valence-electron chi connectivity index (χ3n) is 4.00. The van der Waals surface area contributed by atoms with E-state index in [1.807, 2.05) is 24.3 Å². The van der Waals surface area contributed by atoms with Gasteiger partial charge < -0.3 is 14.8 Å². The molecule has 1 aliphatic rings. The molecule has 1 saturated heterocycles. The van der Waals surface area contributed by atoms with E-state index < -0.39 is 11.7 Å². The summed E-state index contributed by atoms with van der Waals surface area (Å²) in [5.74, 6) is 1.77. The van der Waals surface area contributed by atoms with Crippen molar-refractivity contribution in [2.75, 3.05) is 25.5 Å². The number of hydrogen-bond donors (Lipinski definition) is 1. The Morgan fingerprint density at radius 3 is 2.69 bits per heavy atom. The maximum atomic E-state index is 12.4. The maximum absolute atomic E-state index is 12.4. The van der Waals surface area contributed by atoms with Crippen molar-refractivity contribution in [1.82, 2.24) is 5.32 Å². The molecular formula is C20H29NO4S. The zero-order valence-corrected chi connectivity index (χ0v) is 16.7. The van der Waals surface area contributed by atoms with Crippen LogP contribution in [-0.2, 0) is 9.47 Å². The molecule has 1 N–H and O–H groups in total. The van der Waals surface area contributed by atoms with E-state index in [2.05, 4.69) is 5.32 Å². The number of rotatable bonds is 7. The Kier molecular flexibility index (Phi) is 7.97. The van der Waals surface area contributed by atoms with Crippen molar-refractivity contribution < 1.29 is 19.1 Å². The summed E-state index contributed by atoms with van der Waals surface area (Å²) < 4.78 is 10.6. The summed E-state index contributed by atoms with van der Waals surface area (Å²) in [5.41, 5.74) is 0.150. The first kappa shape index (κ1) is 20.8. The van der Waals surface area contributed by atoms with Gasteiger partial charge >= 0.3 is 6.09 Å². The molecule has 1 amide bonds. The Balaban J connectivity index is 1.77. The van der Waals surface area contributed by atoms with Gasteiger partial charge in [-0.15, -0.1) is 11.8 Å². The van der Waals surface area contributed by atoms with E-state index in [9.17, 15) is 9.59 Å². The minimum absolute atomic E-state index is 0.0228. The molecule has 6 heteroatoms. The van der Waals surface area contributed by atoms with Crippen molar-refractivity contribution in [3.8, 4) is 0 Å². The second-order valence-corrected chi connectivity index (χ2v) is 8.59. The van der Waals surface area contributed by atoms with Crippen LogP contribution in [0.15, 0.2) is 29.2 Å². The van der Waals surface area contributed by atoms with E-state index >= 15 is 0 Å². The first-order chi connectivity index (χ1) is 12.3. The Hall–Kier alpha value is -1.53. The Bertz CT molecular complexity index is 606. The average molecular weight is 380 g/mol. The van der Waals surface area contributed by atoms with E-state index in [0.29, 0.717) is 11.5 Å². The van der Waals surface area contributed by atoms with Crippen molar-refractivity contribution in [3.05, 3.63) is 29.8 Å². The molecule has 1 fully saturated rings. The number of hydrogen-bond acceptors (Lipinski definition) is 5. The van der Waals surface area contributed by atoms with Crippen LogP contribution in [0.2, 0.25) is 0 Å². The SMILES string of the molecule is CC(C)(C)OC(=O)NCCC(=O)c1cccc(SCC2CCOCC2)c1. The zero-order chi connectivity index (χ0) is 19.0. The second kappa shape index (κ2) is 9.97. The fourth-order valence-corrected chi connectivity index (χ4v) is 3.77. The molecule has 26 heavy (non-hydrogen) atoms. The van der Waals surface area contributed by atoms with Gasteiger partial charge in [0.15, 0.2) is 5.78 Å². The van der Waals surface area contributed by atoms with Crippen molar-refractivity contribution >= 4 is 23.6 Å². The lowest BCUT2D eigenvalue weighted by Gasteiger charge is -2.21.